The third kappa shape index (κ3) is 2.40. The van der Waals surface area contributed by atoms with Gasteiger partial charge in [0.1, 0.15) is 11.4 Å². The van der Waals surface area contributed by atoms with Crippen LogP contribution >= 0.6 is 15.9 Å². The van der Waals surface area contributed by atoms with E-state index in [0.29, 0.717) is 6.07 Å². The molecule has 0 unspecified atom stereocenters. The van der Waals surface area contributed by atoms with Crippen LogP contribution in [0.15, 0.2) is 16.6 Å². The fraction of sp³-hybridized carbons (Fsp3) is 0.286. The standard InChI is InChI=1S/C7H3BrF5N/c8-3-1-2-4(7(11,12)13)14-5(3)6(9)10/h1-2,6H. The van der Waals surface area contributed by atoms with Gasteiger partial charge in [-0.1, -0.05) is 0 Å². The summed E-state index contributed by atoms with van der Waals surface area (Å²) in [5.41, 5.74) is -2.23. The zero-order valence-electron chi connectivity index (χ0n) is 6.45. The molecule has 0 aliphatic carbocycles. The second-order valence-corrected chi connectivity index (χ2v) is 3.22. The van der Waals surface area contributed by atoms with Crippen molar-refractivity contribution < 1.29 is 22.0 Å². The minimum absolute atomic E-state index is 0.138. The lowest BCUT2D eigenvalue weighted by atomic mass is 10.3. The molecule has 7 heteroatoms. The molecular weight excluding hydrogens is 273 g/mol. The molecule has 1 rings (SSSR count). The highest BCUT2D eigenvalue weighted by Gasteiger charge is 2.33. The largest absolute Gasteiger partial charge is 0.433 e. The smallest absolute Gasteiger partial charge is 0.241 e. The summed E-state index contributed by atoms with van der Waals surface area (Å²) in [4.78, 5) is 2.82. The Morgan fingerprint density at radius 2 is 1.79 bits per heavy atom. The van der Waals surface area contributed by atoms with Crippen LogP contribution in [0.5, 0.6) is 0 Å². The minimum atomic E-state index is -4.70. The van der Waals surface area contributed by atoms with Crippen molar-refractivity contribution in [3.05, 3.63) is 28.0 Å². The quantitative estimate of drug-likeness (QED) is 0.711. The minimum Gasteiger partial charge on any atom is -0.241 e. The van der Waals surface area contributed by atoms with Crippen molar-refractivity contribution in [2.45, 2.75) is 12.6 Å². The summed E-state index contributed by atoms with van der Waals surface area (Å²) in [7, 11) is 0. The molecule has 1 aromatic heterocycles. The number of hydrogen-bond acceptors (Lipinski definition) is 1. The van der Waals surface area contributed by atoms with E-state index in [1.165, 1.54) is 0 Å². The van der Waals surface area contributed by atoms with E-state index < -0.39 is 24.0 Å². The van der Waals surface area contributed by atoms with Crippen molar-refractivity contribution >= 4 is 15.9 Å². The van der Waals surface area contributed by atoms with E-state index in [2.05, 4.69) is 20.9 Å². The molecule has 0 amide bonds. The lowest BCUT2D eigenvalue weighted by Gasteiger charge is -2.08. The summed E-state index contributed by atoms with van der Waals surface area (Å²) in [6.07, 6.45) is -7.74. The number of alkyl halides is 5. The van der Waals surface area contributed by atoms with Crippen molar-refractivity contribution in [3.8, 4) is 0 Å². The topological polar surface area (TPSA) is 12.9 Å². The molecule has 0 atom stereocenters. The maximum atomic E-state index is 12.1. The Hall–Kier alpha value is -0.720. The lowest BCUT2D eigenvalue weighted by molar-refractivity contribution is -0.141. The van der Waals surface area contributed by atoms with Gasteiger partial charge in [-0.3, -0.25) is 0 Å². The molecule has 0 saturated carbocycles. The molecule has 1 nitrogen and oxygen atoms in total. The average molecular weight is 276 g/mol. The number of aromatic nitrogens is 1. The van der Waals surface area contributed by atoms with Gasteiger partial charge in [-0.25, -0.2) is 13.8 Å². The molecule has 0 spiro atoms. The van der Waals surface area contributed by atoms with Gasteiger partial charge in [-0.05, 0) is 28.1 Å². The Bertz CT molecular complexity index is 335. The summed E-state index contributed by atoms with van der Waals surface area (Å²) >= 11 is 2.69. The number of nitrogens with zero attached hydrogens (tertiary/aromatic N) is 1. The fourth-order valence-electron chi connectivity index (χ4n) is 0.769. The molecule has 0 bridgehead atoms. The van der Waals surface area contributed by atoms with Crippen molar-refractivity contribution in [3.63, 3.8) is 0 Å². The fourth-order valence-corrected chi connectivity index (χ4v) is 1.16. The average Bonchev–Trinajstić information content (AvgIpc) is 2.02. The molecule has 78 valence electrons. The van der Waals surface area contributed by atoms with E-state index in [-0.39, 0.29) is 4.47 Å². The van der Waals surface area contributed by atoms with Gasteiger partial charge in [0.15, 0.2) is 0 Å². The van der Waals surface area contributed by atoms with Gasteiger partial charge in [-0.2, -0.15) is 13.2 Å². The van der Waals surface area contributed by atoms with Gasteiger partial charge >= 0.3 is 6.18 Å². The van der Waals surface area contributed by atoms with Gasteiger partial charge in [0.05, 0.1) is 0 Å². The maximum Gasteiger partial charge on any atom is 0.433 e. The zero-order chi connectivity index (χ0) is 10.9. The molecule has 0 fully saturated rings. The molecular formula is C7H3BrF5N. The van der Waals surface area contributed by atoms with Crippen LogP contribution in [0, 0.1) is 0 Å². The van der Waals surface area contributed by atoms with Crippen LogP contribution in [0.4, 0.5) is 22.0 Å². The van der Waals surface area contributed by atoms with Gasteiger partial charge < -0.3 is 0 Å². The van der Waals surface area contributed by atoms with Gasteiger partial charge in [0, 0.05) is 4.47 Å². The van der Waals surface area contributed by atoms with Crippen molar-refractivity contribution in [1.82, 2.24) is 4.98 Å². The first kappa shape index (κ1) is 11.4. The molecule has 0 radical (unpaired) electrons. The first-order chi connectivity index (χ1) is 6.32. The van der Waals surface area contributed by atoms with E-state index in [9.17, 15) is 22.0 Å². The van der Waals surface area contributed by atoms with Crippen molar-refractivity contribution in [1.29, 1.82) is 0 Å². The second kappa shape index (κ2) is 3.80. The summed E-state index contributed by atoms with van der Waals surface area (Å²) in [6, 6.07) is 1.54. The third-order valence-electron chi connectivity index (χ3n) is 1.37. The van der Waals surface area contributed by atoms with Crippen LogP contribution in [0.1, 0.15) is 17.8 Å². The van der Waals surface area contributed by atoms with E-state index in [1.54, 1.807) is 0 Å². The van der Waals surface area contributed by atoms with Crippen molar-refractivity contribution in [2.75, 3.05) is 0 Å². The molecule has 0 N–H and O–H groups in total. The molecule has 14 heavy (non-hydrogen) atoms. The Morgan fingerprint density at radius 3 is 2.21 bits per heavy atom. The number of hydrogen-bond donors (Lipinski definition) is 0. The van der Waals surface area contributed by atoms with Crippen LogP contribution in [0.25, 0.3) is 0 Å². The first-order valence-corrected chi connectivity index (χ1v) is 4.13. The number of rotatable bonds is 1. The molecule has 1 aromatic rings. The molecule has 0 aliphatic rings. The summed E-state index contributed by atoms with van der Waals surface area (Å²) in [5.74, 6) is 0. The van der Waals surface area contributed by atoms with Crippen LogP contribution in [-0.4, -0.2) is 4.98 Å². The summed E-state index contributed by atoms with van der Waals surface area (Å²) < 4.78 is 60.3. The highest BCUT2D eigenvalue weighted by Crippen LogP contribution is 2.32. The third-order valence-corrected chi connectivity index (χ3v) is 2.04. The van der Waals surface area contributed by atoms with Gasteiger partial charge in [-0.15, -0.1) is 0 Å². The Labute approximate surface area is 84.1 Å². The Morgan fingerprint density at radius 1 is 1.21 bits per heavy atom. The zero-order valence-corrected chi connectivity index (χ0v) is 8.03. The molecule has 1 heterocycles. The molecule has 0 aromatic carbocycles. The SMILES string of the molecule is FC(F)c1nc(C(F)(F)F)ccc1Br. The summed E-state index contributed by atoms with van der Waals surface area (Å²) in [6.45, 7) is 0. The van der Waals surface area contributed by atoms with Crippen molar-refractivity contribution in [2.24, 2.45) is 0 Å². The molecule has 0 aliphatic heterocycles. The van der Waals surface area contributed by atoms with Crippen LogP contribution in [-0.2, 0) is 6.18 Å². The highest BCUT2D eigenvalue weighted by molar-refractivity contribution is 9.10. The highest BCUT2D eigenvalue weighted by atomic mass is 79.9. The number of pyridine rings is 1. The van der Waals surface area contributed by atoms with E-state index in [0.717, 1.165) is 6.07 Å². The van der Waals surface area contributed by atoms with Crippen LogP contribution < -0.4 is 0 Å². The Kier molecular flexibility index (Phi) is 3.08. The van der Waals surface area contributed by atoms with E-state index >= 15 is 0 Å². The predicted octanol–water partition coefficient (Wildman–Crippen LogP) is 3.80. The number of halogens is 6. The summed E-state index contributed by atoms with van der Waals surface area (Å²) in [5, 5.41) is 0. The molecule has 0 saturated heterocycles. The van der Waals surface area contributed by atoms with Crippen LogP contribution in [0.3, 0.4) is 0 Å². The van der Waals surface area contributed by atoms with E-state index in [4.69, 9.17) is 0 Å². The monoisotopic (exact) mass is 275 g/mol. The predicted molar refractivity (Wildman–Crippen MR) is 41.9 cm³/mol. The maximum absolute atomic E-state index is 12.1. The van der Waals surface area contributed by atoms with E-state index in [1.807, 2.05) is 0 Å². The van der Waals surface area contributed by atoms with Gasteiger partial charge in [0.2, 0.25) is 0 Å². The normalized spacial score (nSPS) is 12.2. The second-order valence-electron chi connectivity index (χ2n) is 2.36. The lowest BCUT2D eigenvalue weighted by Crippen LogP contribution is -2.09. The Balaban J connectivity index is 3.20. The first-order valence-electron chi connectivity index (χ1n) is 3.34. The van der Waals surface area contributed by atoms with Gasteiger partial charge in [0.25, 0.3) is 6.43 Å². The van der Waals surface area contributed by atoms with Crippen LogP contribution in [0.2, 0.25) is 0 Å².